The van der Waals surface area contributed by atoms with Crippen molar-refractivity contribution >= 4 is 122 Å². The summed E-state index contributed by atoms with van der Waals surface area (Å²) in [5.41, 5.74) is 6.30. The minimum Gasteiger partial charge on any atom is -1.00 e. The number of aldehydes is 1. The minimum atomic E-state index is -2.09. The van der Waals surface area contributed by atoms with Crippen molar-refractivity contribution in [3.63, 3.8) is 0 Å². The average molecular weight is 1480 g/mol. The first kappa shape index (κ1) is 82.2. The Kier molecular flexibility index (Phi) is 36.4. The van der Waals surface area contributed by atoms with Crippen molar-refractivity contribution in [1.82, 2.24) is 10.6 Å². The van der Waals surface area contributed by atoms with Crippen LogP contribution in [0.5, 0.6) is 0 Å². The van der Waals surface area contributed by atoms with E-state index < -0.39 is 30.5 Å². The first-order valence-corrected chi connectivity index (χ1v) is 32.1. The number of aliphatic hydroxyl groups excluding tert-OH is 1. The van der Waals surface area contributed by atoms with Crippen LogP contribution in [0.25, 0.3) is 0 Å². The molecule has 0 spiro atoms. The van der Waals surface area contributed by atoms with Gasteiger partial charge >= 0.3 is 23.1 Å². The first-order valence-electron chi connectivity index (χ1n) is 29.8. The Morgan fingerprint density at radius 1 is 0.591 bits per heavy atom. The van der Waals surface area contributed by atoms with E-state index in [-0.39, 0.29) is 86.8 Å². The number of nitrogens with one attached hydrogen (secondary N) is 2. The van der Waals surface area contributed by atoms with Gasteiger partial charge in [0.15, 0.2) is 11.6 Å². The van der Waals surface area contributed by atoms with E-state index in [9.17, 15) is 51.0 Å². The van der Waals surface area contributed by atoms with Gasteiger partial charge in [0.2, 0.25) is 0 Å². The van der Waals surface area contributed by atoms with E-state index in [4.69, 9.17) is 74.3 Å². The van der Waals surface area contributed by atoms with Crippen molar-refractivity contribution in [1.29, 1.82) is 0 Å². The smallest absolute Gasteiger partial charge is 1.00 e. The van der Waals surface area contributed by atoms with E-state index in [1.165, 1.54) is 66.2 Å². The van der Waals surface area contributed by atoms with Crippen molar-refractivity contribution < 1.29 is 72.7 Å². The molecule has 0 aromatic heterocycles. The molecule has 5 aromatic carbocycles. The summed E-state index contributed by atoms with van der Waals surface area (Å²) in [6, 6.07) is 31.2. The molecule has 22 heteroatoms. The predicted octanol–water partition coefficient (Wildman–Crippen LogP) is 14.0. The van der Waals surface area contributed by atoms with E-state index in [1.807, 2.05) is 25.2 Å². The Hall–Kier alpha value is -4.98. The average Bonchev–Trinajstić information content (AvgIpc) is 2.14. The Morgan fingerprint density at radius 3 is 1.43 bits per heavy atom. The van der Waals surface area contributed by atoms with Gasteiger partial charge < -0.3 is 37.5 Å². The number of aliphatic hydroxyl groups is 1. The number of halogens is 12. The summed E-state index contributed by atoms with van der Waals surface area (Å²) in [5.74, 6) is -1.40. The molecule has 5 aromatic rings. The molecule has 496 valence electrons. The van der Waals surface area contributed by atoms with Gasteiger partial charge in [-0.25, -0.2) is 22.0 Å². The molecule has 0 saturated carbocycles. The van der Waals surface area contributed by atoms with Gasteiger partial charge in [0.25, 0.3) is 19.4 Å². The first-order chi connectivity index (χ1) is 43.1. The van der Waals surface area contributed by atoms with Crippen LogP contribution in [0.4, 0.5) is 22.0 Å². The molecular weight excluding hydrogens is 1400 g/mol. The fourth-order valence-electron chi connectivity index (χ4n) is 10.4. The largest absolute Gasteiger partial charge is 2.00 e. The van der Waals surface area contributed by atoms with Gasteiger partial charge in [0, 0.05) is 25.3 Å². The summed E-state index contributed by atoms with van der Waals surface area (Å²) < 4.78 is 64.5. The van der Waals surface area contributed by atoms with E-state index in [0.717, 1.165) is 122 Å². The monoisotopic (exact) mass is 1470 g/mol. The summed E-state index contributed by atoms with van der Waals surface area (Å²) in [7, 11) is 0. The van der Waals surface area contributed by atoms with Crippen LogP contribution in [-0.2, 0) is 54.4 Å². The Morgan fingerprint density at radius 2 is 1.02 bits per heavy atom. The second-order valence-electron chi connectivity index (χ2n) is 22.5. The van der Waals surface area contributed by atoms with E-state index in [0.29, 0.717) is 50.7 Å². The minimum absolute atomic E-state index is 0. The SMILES string of the molecule is CCOC1=CC(=O)CCC1.O=C(NC1(Cc2ccc(F)cc2)C=CCCC1)C(Cl)(Cl)Cl.O=C1C=C(Cc2ccc(F)cc2)CCC1.O=CC1=CC(Cc2ccc(F)cc2)(NC(=O)C(Cl)(Cl)Cl)CC1.OC1C=C(Cc2ccc(F)cc2)CCC1.[Br-].[CH2-]c1ccc(F)cc1.[Mg+2]. The molecule has 0 saturated heterocycles. The number of benzene rings is 5. The number of alkyl halides is 6. The van der Waals surface area contributed by atoms with Gasteiger partial charge in [0.05, 0.1) is 35.4 Å². The summed E-state index contributed by atoms with van der Waals surface area (Å²) in [6.45, 7) is 6.19. The van der Waals surface area contributed by atoms with E-state index in [1.54, 1.807) is 78.9 Å². The molecule has 10 rings (SSSR count). The van der Waals surface area contributed by atoms with Crippen molar-refractivity contribution in [2.45, 2.75) is 147 Å². The zero-order valence-corrected chi connectivity index (χ0v) is 59.0. The van der Waals surface area contributed by atoms with Gasteiger partial charge in [-0.3, -0.25) is 24.0 Å². The third kappa shape index (κ3) is 31.6. The number of amides is 2. The summed E-state index contributed by atoms with van der Waals surface area (Å²) in [5, 5.41) is 15.0. The summed E-state index contributed by atoms with van der Waals surface area (Å²) in [4.78, 5) is 56.9. The maximum absolute atomic E-state index is 13.0. The molecule has 3 N–H and O–H groups in total. The van der Waals surface area contributed by atoms with Crippen molar-refractivity contribution in [3.05, 3.63) is 244 Å². The molecule has 0 fully saturated rings. The molecule has 9 nitrogen and oxygen atoms in total. The maximum atomic E-state index is 13.0. The van der Waals surface area contributed by atoms with Crippen LogP contribution in [0.2, 0.25) is 0 Å². The molecule has 5 aliphatic rings. The second-order valence-corrected chi connectivity index (χ2v) is 27.0. The quantitative estimate of drug-likeness (QED) is 0.0266. The number of hydrogen-bond donors (Lipinski definition) is 3. The normalized spacial score (nSPS) is 18.9. The number of carbonyl (C=O) groups excluding carboxylic acids is 5. The summed E-state index contributed by atoms with van der Waals surface area (Å²) >= 11 is 33.7. The molecular formula is C71H74BrCl6F5MgN2O7. The number of rotatable bonds is 13. The van der Waals surface area contributed by atoms with Crippen LogP contribution in [0, 0.1) is 36.0 Å². The number of allylic oxidation sites excluding steroid dienone is 7. The molecule has 93 heavy (non-hydrogen) atoms. The van der Waals surface area contributed by atoms with Gasteiger partial charge in [-0.2, -0.15) is 24.6 Å². The molecule has 0 radical (unpaired) electrons. The zero-order chi connectivity index (χ0) is 66.6. The number of carbonyl (C=O) groups is 5. The number of ketones is 2. The zero-order valence-electron chi connectivity index (χ0n) is 51.4. The van der Waals surface area contributed by atoms with Crippen molar-refractivity contribution in [3.8, 4) is 0 Å². The van der Waals surface area contributed by atoms with Crippen LogP contribution < -0.4 is 27.6 Å². The number of hydrogen-bond acceptors (Lipinski definition) is 7. The van der Waals surface area contributed by atoms with Crippen LogP contribution in [0.1, 0.15) is 125 Å². The predicted molar refractivity (Wildman–Crippen MR) is 359 cm³/mol. The van der Waals surface area contributed by atoms with Gasteiger partial charge in [0.1, 0.15) is 29.6 Å². The standard InChI is InChI=1S/C15H13Cl3FNO2.C15H15Cl3FNO.C13H15FO.C13H13FO.C8H12O2.C7H6F.BrH.Mg/c16-15(17,18)13(22)20-14(6-5-11(8-14)9-21)7-10-1-3-12(19)4-2-10;16-15(17,18)13(21)20-14(8-2-1-3-9-14)10-11-4-6-12(19)7-5-11;2*14-12-6-4-10(5-7-12)8-11-2-1-3-13(15)9-11;1-2-10-8-5-3-4-7(9)6-8;1-6-2-4-7(8)5-3-6;;/h1-4,8-9H,5-7H2,(H,20,22);2,4-8H,1,3,9-10H2,(H,20,21);4-7,9,13,15H,1-3,8H2;4-7,9H,1-3,8H2;6H,2-5H2,1H3;2-5H,1H2;1H;/q;;;;;-1;;+2/p-1. The maximum Gasteiger partial charge on any atom is 2.00 e. The Bertz CT molecular complexity index is 3330. The Balaban J connectivity index is 0.000000298. The second kappa shape index (κ2) is 41.2. The molecule has 3 unspecified atom stereocenters. The Labute approximate surface area is 598 Å². The number of ether oxygens (including phenoxy) is 1. The topological polar surface area (TPSA) is 139 Å². The molecule has 0 bridgehead atoms. The molecule has 0 heterocycles. The van der Waals surface area contributed by atoms with Crippen LogP contribution in [0.15, 0.2) is 180 Å². The third-order valence-corrected chi connectivity index (χ3v) is 15.9. The van der Waals surface area contributed by atoms with Gasteiger partial charge in [-0.1, -0.05) is 166 Å². The molecule has 2 amide bonds. The third-order valence-electron chi connectivity index (χ3n) is 14.8. The molecule has 3 atom stereocenters. The van der Waals surface area contributed by atoms with Crippen LogP contribution in [-0.4, -0.2) is 89.2 Å². The fraction of sp³-hybridized carbons (Fsp3) is 0.352. The van der Waals surface area contributed by atoms with Gasteiger partial charge in [-0.15, -0.1) is 0 Å². The van der Waals surface area contributed by atoms with Crippen LogP contribution in [0.3, 0.4) is 0 Å². The molecule has 0 aliphatic heterocycles. The fourth-order valence-corrected chi connectivity index (χ4v) is 10.7. The van der Waals surface area contributed by atoms with Crippen molar-refractivity contribution in [2.24, 2.45) is 0 Å². The van der Waals surface area contributed by atoms with E-state index >= 15 is 0 Å². The van der Waals surface area contributed by atoms with E-state index in [2.05, 4.69) is 17.6 Å². The van der Waals surface area contributed by atoms with Crippen molar-refractivity contribution in [2.75, 3.05) is 6.61 Å². The van der Waals surface area contributed by atoms with Crippen LogP contribution >= 0.6 is 69.6 Å². The summed E-state index contributed by atoms with van der Waals surface area (Å²) in [6.07, 6.45) is 25.7. The van der Waals surface area contributed by atoms with Gasteiger partial charge in [-0.05, 0) is 186 Å². The molecule has 5 aliphatic carbocycles.